The Labute approximate surface area is 148 Å². The number of aryl methyl sites for hydroxylation is 1. The van der Waals surface area contributed by atoms with E-state index in [1.807, 2.05) is 31.2 Å². The lowest BCUT2D eigenvalue weighted by Crippen LogP contribution is -2.13. The van der Waals surface area contributed by atoms with Crippen molar-refractivity contribution in [1.29, 1.82) is 0 Å². The van der Waals surface area contributed by atoms with Gasteiger partial charge in [-0.1, -0.05) is 12.1 Å². The minimum atomic E-state index is -0.0844. The molecule has 0 saturated carbocycles. The monoisotopic (exact) mass is 350 g/mol. The summed E-state index contributed by atoms with van der Waals surface area (Å²) in [7, 11) is 1.57. The Bertz CT molecular complexity index is 660. The Morgan fingerprint density at radius 2 is 1.79 bits per heavy atom. The van der Waals surface area contributed by atoms with Crippen LogP contribution in [0.3, 0.4) is 0 Å². The van der Waals surface area contributed by atoms with Gasteiger partial charge in [-0.3, -0.25) is 4.79 Å². The molecular weight excluding hydrogens is 328 g/mol. The van der Waals surface area contributed by atoms with Crippen LogP contribution in [0.1, 0.15) is 18.9 Å². The third-order valence-electron chi connectivity index (χ3n) is 3.41. The van der Waals surface area contributed by atoms with Crippen LogP contribution < -0.4 is 20.5 Å². The van der Waals surface area contributed by atoms with Crippen LogP contribution in [0, 0.1) is 0 Å². The molecule has 0 bridgehead atoms. The van der Waals surface area contributed by atoms with Gasteiger partial charge in [-0.2, -0.15) is 0 Å². The molecule has 3 N–H and O–H groups in total. The van der Waals surface area contributed by atoms with Crippen molar-refractivity contribution in [3.63, 3.8) is 0 Å². The summed E-state index contributed by atoms with van der Waals surface area (Å²) in [5, 5.41) is 2.82. The first-order valence-electron chi connectivity index (χ1n) is 7.57. The second-order valence-electron chi connectivity index (χ2n) is 5.08. The molecule has 0 aliphatic heterocycles. The number of methoxy groups -OCH3 is 1. The van der Waals surface area contributed by atoms with Gasteiger partial charge < -0.3 is 20.5 Å². The van der Waals surface area contributed by atoms with Crippen LogP contribution in [0.2, 0.25) is 0 Å². The zero-order chi connectivity index (χ0) is 16.7. The summed E-state index contributed by atoms with van der Waals surface area (Å²) in [5.74, 6) is 1.41. The van der Waals surface area contributed by atoms with Crippen LogP contribution >= 0.6 is 12.4 Å². The number of nitrogens with two attached hydrogens (primary N) is 1. The Kier molecular flexibility index (Phi) is 7.92. The SMILES string of the molecule is CCOc1ccc(CCC(=O)Nc2cc(OC)ccc2N)cc1.Cl. The number of halogens is 1. The molecule has 0 spiro atoms. The fraction of sp³-hybridized carbons (Fsp3) is 0.278. The van der Waals surface area contributed by atoms with Crippen LogP contribution in [0.25, 0.3) is 0 Å². The quantitative estimate of drug-likeness (QED) is 0.747. The lowest BCUT2D eigenvalue weighted by molar-refractivity contribution is -0.116. The third kappa shape index (κ3) is 5.66. The average molecular weight is 351 g/mol. The maximum Gasteiger partial charge on any atom is 0.224 e. The van der Waals surface area contributed by atoms with Gasteiger partial charge in [0.2, 0.25) is 5.91 Å². The van der Waals surface area contributed by atoms with Crippen LogP contribution in [-0.2, 0) is 11.2 Å². The highest BCUT2D eigenvalue weighted by molar-refractivity contribution is 5.94. The molecule has 5 nitrogen and oxygen atoms in total. The molecule has 24 heavy (non-hydrogen) atoms. The molecule has 2 aromatic rings. The van der Waals surface area contributed by atoms with Crippen molar-refractivity contribution in [3.8, 4) is 11.5 Å². The van der Waals surface area contributed by atoms with Gasteiger partial charge in [-0.25, -0.2) is 0 Å². The van der Waals surface area contributed by atoms with E-state index < -0.39 is 0 Å². The number of ether oxygens (including phenoxy) is 2. The van der Waals surface area contributed by atoms with Crippen molar-refractivity contribution >= 4 is 29.7 Å². The predicted molar refractivity (Wildman–Crippen MR) is 99.2 cm³/mol. The summed E-state index contributed by atoms with van der Waals surface area (Å²) in [4.78, 5) is 12.1. The van der Waals surface area contributed by atoms with Crippen LogP contribution in [-0.4, -0.2) is 19.6 Å². The highest BCUT2D eigenvalue weighted by Gasteiger charge is 2.07. The second-order valence-corrected chi connectivity index (χ2v) is 5.08. The van der Waals surface area contributed by atoms with Gasteiger partial charge in [0.1, 0.15) is 11.5 Å². The Balaban J connectivity index is 0.00000288. The first-order chi connectivity index (χ1) is 11.1. The minimum absolute atomic E-state index is 0. The number of hydrogen-bond donors (Lipinski definition) is 2. The number of rotatable bonds is 7. The van der Waals surface area contributed by atoms with E-state index in [0.29, 0.717) is 36.6 Å². The van der Waals surface area contributed by atoms with Gasteiger partial charge in [-0.15, -0.1) is 12.4 Å². The number of benzene rings is 2. The number of carbonyl (C=O) groups excluding carboxylic acids is 1. The molecule has 0 atom stereocenters. The Hall–Kier alpha value is -2.40. The zero-order valence-electron chi connectivity index (χ0n) is 13.9. The van der Waals surface area contributed by atoms with E-state index in [-0.39, 0.29) is 18.3 Å². The molecule has 1 amide bonds. The van der Waals surface area contributed by atoms with Gasteiger partial charge in [0, 0.05) is 12.5 Å². The molecule has 0 heterocycles. The highest BCUT2D eigenvalue weighted by Crippen LogP contribution is 2.24. The number of amides is 1. The topological polar surface area (TPSA) is 73.6 Å². The van der Waals surface area contributed by atoms with E-state index in [0.717, 1.165) is 11.3 Å². The van der Waals surface area contributed by atoms with Crippen molar-refractivity contribution in [2.75, 3.05) is 24.8 Å². The summed E-state index contributed by atoms with van der Waals surface area (Å²) in [6.45, 7) is 2.59. The zero-order valence-corrected chi connectivity index (χ0v) is 14.7. The molecule has 0 radical (unpaired) electrons. The lowest BCUT2D eigenvalue weighted by Gasteiger charge is -2.10. The van der Waals surface area contributed by atoms with E-state index in [2.05, 4.69) is 5.32 Å². The van der Waals surface area contributed by atoms with Crippen molar-refractivity contribution < 1.29 is 14.3 Å². The lowest BCUT2D eigenvalue weighted by atomic mass is 10.1. The normalized spacial score (nSPS) is 9.75. The second kappa shape index (κ2) is 9.67. The maximum atomic E-state index is 12.1. The van der Waals surface area contributed by atoms with E-state index in [4.69, 9.17) is 15.2 Å². The van der Waals surface area contributed by atoms with Crippen molar-refractivity contribution in [2.45, 2.75) is 19.8 Å². The summed E-state index contributed by atoms with van der Waals surface area (Å²) in [6, 6.07) is 12.9. The number of nitrogens with one attached hydrogen (secondary N) is 1. The molecule has 2 aromatic carbocycles. The molecule has 0 unspecified atom stereocenters. The molecule has 0 saturated heterocycles. The molecule has 0 aliphatic rings. The number of hydrogen-bond acceptors (Lipinski definition) is 4. The largest absolute Gasteiger partial charge is 0.497 e. The predicted octanol–water partition coefficient (Wildman–Crippen LogP) is 3.67. The molecule has 0 aliphatic carbocycles. The van der Waals surface area contributed by atoms with Gasteiger partial charge in [0.05, 0.1) is 25.1 Å². The first-order valence-corrected chi connectivity index (χ1v) is 7.57. The third-order valence-corrected chi connectivity index (χ3v) is 3.41. The van der Waals surface area contributed by atoms with Gasteiger partial charge in [0.25, 0.3) is 0 Å². The Morgan fingerprint density at radius 1 is 1.12 bits per heavy atom. The van der Waals surface area contributed by atoms with Gasteiger partial charge in [-0.05, 0) is 43.2 Å². The smallest absolute Gasteiger partial charge is 0.224 e. The van der Waals surface area contributed by atoms with Gasteiger partial charge in [0.15, 0.2) is 0 Å². The van der Waals surface area contributed by atoms with E-state index in [1.54, 1.807) is 25.3 Å². The standard InChI is InChI=1S/C18H22N2O3.ClH/c1-3-23-14-7-4-13(5-8-14)6-11-18(21)20-17-12-15(22-2)9-10-16(17)19;/h4-5,7-10,12H,3,6,11,19H2,1-2H3,(H,20,21);1H. The fourth-order valence-electron chi connectivity index (χ4n) is 2.16. The average Bonchev–Trinajstić information content (AvgIpc) is 2.56. The summed E-state index contributed by atoms with van der Waals surface area (Å²) in [5.41, 5.74) is 8.03. The van der Waals surface area contributed by atoms with Crippen LogP contribution in [0.5, 0.6) is 11.5 Å². The number of nitrogen functional groups attached to an aromatic ring is 1. The summed E-state index contributed by atoms with van der Waals surface area (Å²) < 4.78 is 10.5. The molecule has 6 heteroatoms. The van der Waals surface area contributed by atoms with E-state index in [1.165, 1.54) is 0 Å². The van der Waals surface area contributed by atoms with Crippen molar-refractivity contribution in [3.05, 3.63) is 48.0 Å². The summed E-state index contributed by atoms with van der Waals surface area (Å²) >= 11 is 0. The first kappa shape index (κ1) is 19.6. The highest BCUT2D eigenvalue weighted by atomic mass is 35.5. The molecular formula is C18H23ClN2O3. The Morgan fingerprint density at radius 3 is 2.42 bits per heavy atom. The summed E-state index contributed by atoms with van der Waals surface area (Å²) in [6.07, 6.45) is 1.03. The molecule has 130 valence electrons. The van der Waals surface area contributed by atoms with Crippen LogP contribution in [0.15, 0.2) is 42.5 Å². The van der Waals surface area contributed by atoms with Gasteiger partial charge >= 0.3 is 0 Å². The maximum absolute atomic E-state index is 12.1. The molecule has 0 aromatic heterocycles. The molecule has 2 rings (SSSR count). The van der Waals surface area contributed by atoms with E-state index >= 15 is 0 Å². The minimum Gasteiger partial charge on any atom is -0.497 e. The van der Waals surface area contributed by atoms with Crippen LogP contribution in [0.4, 0.5) is 11.4 Å². The molecule has 0 fully saturated rings. The van der Waals surface area contributed by atoms with E-state index in [9.17, 15) is 4.79 Å². The van der Waals surface area contributed by atoms with Crippen molar-refractivity contribution in [1.82, 2.24) is 0 Å². The number of anilines is 2. The van der Waals surface area contributed by atoms with Crippen molar-refractivity contribution in [2.24, 2.45) is 0 Å². The fourth-order valence-corrected chi connectivity index (χ4v) is 2.16. The number of carbonyl (C=O) groups is 1.